The van der Waals surface area contributed by atoms with Crippen LogP contribution in [-0.2, 0) is 11.3 Å². The van der Waals surface area contributed by atoms with E-state index in [-0.39, 0.29) is 5.82 Å². The first-order chi connectivity index (χ1) is 9.63. The zero-order chi connectivity index (χ0) is 14.5. The standard InChI is InChI=1S/C14H15FN2O2S/c1-3-19-8-13-16-11(7-14(20)17-13)10-6-9(15)4-5-12(10)18-2/h4-7H,3,8H2,1-2H3,(H,16,17,20). The Morgan fingerprint density at radius 2 is 2.15 bits per heavy atom. The van der Waals surface area contributed by atoms with Gasteiger partial charge in [0.25, 0.3) is 0 Å². The van der Waals surface area contributed by atoms with E-state index in [4.69, 9.17) is 21.7 Å². The van der Waals surface area contributed by atoms with E-state index in [1.54, 1.807) is 12.1 Å². The van der Waals surface area contributed by atoms with Gasteiger partial charge in [0.05, 0.1) is 12.8 Å². The largest absolute Gasteiger partial charge is 0.496 e. The molecule has 0 fully saturated rings. The average molecular weight is 294 g/mol. The predicted octanol–water partition coefficient (Wildman–Crippen LogP) is 3.49. The first kappa shape index (κ1) is 14.6. The first-order valence-corrected chi connectivity index (χ1v) is 6.56. The molecule has 0 spiro atoms. The maximum atomic E-state index is 13.4. The Morgan fingerprint density at radius 1 is 1.35 bits per heavy atom. The van der Waals surface area contributed by atoms with Gasteiger partial charge in [-0.2, -0.15) is 0 Å². The summed E-state index contributed by atoms with van der Waals surface area (Å²) in [5, 5.41) is 0. The third-order valence-corrected chi connectivity index (χ3v) is 2.90. The van der Waals surface area contributed by atoms with Crippen molar-refractivity contribution in [2.45, 2.75) is 13.5 Å². The van der Waals surface area contributed by atoms with Crippen molar-refractivity contribution in [3.8, 4) is 17.0 Å². The van der Waals surface area contributed by atoms with Gasteiger partial charge in [0.15, 0.2) is 0 Å². The maximum absolute atomic E-state index is 13.4. The Kier molecular flexibility index (Phi) is 4.81. The summed E-state index contributed by atoms with van der Waals surface area (Å²) in [6, 6.07) is 5.98. The number of benzene rings is 1. The molecule has 1 aromatic carbocycles. The zero-order valence-corrected chi connectivity index (χ0v) is 12.1. The minimum atomic E-state index is -0.344. The van der Waals surface area contributed by atoms with Crippen molar-refractivity contribution in [3.05, 3.63) is 40.5 Å². The summed E-state index contributed by atoms with van der Waals surface area (Å²) in [6.45, 7) is 2.80. The van der Waals surface area contributed by atoms with E-state index >= 15 is 0 Å². The Morgan fingerprint density at radius 3 is 2.85 bits per heavy atom. The average Bonchev–Trinajstić information content (AvgIpc) is 2.44. The molecule has 0 unspecified atom stereocenters. The number of hydrogen-bond donors (Lipinski definition) is 1. The monoisotopic (exact) mass is 294 g/mol. The van der Waals surface area contributed by atoms with Crippen LogP contribution in [0.4, 0.5) is 4.39 Å². The van der Waals surface area contributed by atoms with Gasteiger partial charge < -0.3 is 14.5 Å². The van der Waals surface area contributed by atoms with Crippen LogP contribution in [0.3, 0.4) is 0 Å². The lowest BCUT2D eigenvalue weighted by Crippen LogP contribution is -2.01. The molecule has 0 radical (unpaired) electrons. The quantitative estimate of drug-likeness (QED) is 0.858. The van der Waals surface area contributed by atoms with E-state index in [0.29, 0.717) is 40.7 Å². The summed E-state index contributed by atoms with van der Waals surface area (Å²) in [5.74, 6) is 0.814. The molecule has 2 rings (SSSR count). The van der Waals surface area contributed by atoms with Gasteiger partial charge in [-0.3, -0.25) is 0 Å². The van der Waals surface area contributed by atoms with Crippen LogP contribution in [-0.4, -0.2) is 23.7 Å². The van der Waals surface area contributed by atoms with Gasteiger partial charge in [-0.05, 0) is 31.2 Å². The van der Waals surface area contributed by atoms with Gasteiger partial charge >= 0.3 is 0 Å². The maximum Gasteiger partial charge on any atom is 0.134 e. The van der Waals surface area contributed by atoms with Crippen molar-refractivity contribution >= 4 is 12.2 Å². The normalized spacial score (nSPS) is 10.6. The van der Waals surface area contributed by atoms with E-state index in [9.17, 15) is 4.39 Å². The summed E-state index contributed by atoms with van der Waals surface area (Å²) in [5.41, 5.74) is 1.25. The van der Waals surface area contributed by atoms with Crippen LogP contribution in [0.15, 0.2) is 24.3 Å². The van der Waals surface area contributed by atoms with Crippen LogP contribution in [0.1, 0.15) is 12.7 Å². The van der Waals surface area contributed by atoms with Crippen molar-refractivity contribution in [1.29, 1.82) is 0 Å². The summed E-state index contributed by atoms with van der Waals surface area (Å²) < 4.78 is 24.4. The molecule has 0 bridgehead atoms. The van der Waals surface area contributed by atoms with E-state index < -0.39 is 0 Å². The van der Waals surface area contributed by atoms with Crippen LogP contribution in [0, 0.1) is 10.5 Å². The predicted molar refractivity (Wildman–Crippen MR) is 76.7 cm³/mol. The molecule has 2 aromatic rings. The van der Waals surface area contributed by atoms with Gasteiger partial charge in [0.2, 0.25) is 0 Å². The molecule has 6 heteroatoms. The van der Waals surface area contributed by atoms with Crippen molar-refractivity contribution in [2.24, 2.45) is 0 Å². The number of H-pyrrole nitrogens is 1. The molecule has 0 aliphatic rings. The van der Waals surface area contributed by atoms with Crippen molar-refractivity contribution in [2.75, 3.05) is 13.7 Å². The highest BCUT2D eigenvalue weighted by Crippen LogP contribution is 2.29. The number of ether oxygens (including phenoxy) is 2. The van der Waals surface area contributed by atoms with E-state index in [1.165, 1.54) is 19.2 Å². The smallest absolute Gasteiger partial charge is 0.134 e. The number of nitrogens with zero attached hydrogens (tertiary/aromatic N) is 1. The lowest BCUT2D eigenvalue weighted by molar-refractivity contribution is 0.128. The Bertz CT molecular complexity index is 658. The summed E-state index contributed by atoms with van der Waals surface area (Å²) in [4.78, 5) is 7.26. The molecule has 0 aliphatic heterocycles. The van der Waals surface area contributed by atoms with Gasteiger partial charge in [-0.1, -0.05) is 12.2 Å². The van der Waals surface area contributed by atoms with E-state index in [1.807, 2.05) is 6.92 Å². The Labute approximate surface area is 121 Å². The van der Waals surface area contributed by atoms with Crippen LogP contribution in [0.2, 0.25) is 0 Å². The summed E-state index contributed by atoms with van der Waals surface area (Å²) in [6.07, 6.45) is 0. The number of halogens is 1. The number of methoxy groups -OCH3 is 1. The fourth-order valence-corrected chi connectivity index (χ4v) is 2.04. The molecule has 106 valence electrons. The molecular formula is C14H15FN2O2S. The second-order valence-electron chi connectivity index (χ2n) is 4.06. The lowest BCUT2D eigenvalue weighted by atomic mass is 10.1. The molecule has 1 aromatic heterocycles. The van der Waals surface area contributed by atoms with Crippen LogP contribution < -0.4 is 4.74 Å². The highest BCUT2D eigenvalue weighted by Gasteiger charge is 2.09. The van der Waals surface area contributed by atoms with Crippen molar-refractivity contribution < 1.29 is 13.9 Å². The number of nitrogens with one attached hydrogen (secondary N) is 1. The second-order valence-corrected chi connectivity index (χ2v) is 4.48. The molecule has 0 atom stereocenters. The summed E-state index contributed by atoms with van der Waals surface area (Å²) in [7, 11) is 1.54. The molecule has 0 aliphatic carbocycles. The van der Waals surface area contributed by atoms with Crippen LogP contribution >= 0.6 is 12.2 Å². The Hall–Kier alpha value is -1.79. The number of aromatic nitrogens is 2. The highest BCUT2D eigenvalue weighted by atomic mass is 32.1. The molecule has 1 N–H and O–H groups in total. The number of aromatic amines is 1. The van der Waals surface area contributed by atoms with Crippen molar-refractivity contribution in [3.63, 3.8) is 0 Å². The zero-order valence-electron chi connectivity index (χ0n) is 11.3. The van der Waals surface area contributed by atoms with Gasteiger partial charge in [-0.25, -0.2) is 9.37 Å². The minimum Gasteiger partial charge on any atom is -0.496 e. The fourth-order valence-electron chi connectivity index (χ4n) is 1.81. The molecule has 20 heavy (non-hydrogen) atoms. The van der Waals surface area contributed by atoms with E-state index in [2.05, 4.69) is 9.97 Å². The fraction of sp³-hybridized carbons (Fsp3) is 0.286. The highest BCUT2D eigenvalue weighted by molar-refractivity contribution is 7.71. The second kappa shape index (κ2) is 6.58. The lowest BCUT2D eigenvalue weighted by Gasteiger charge is -2.10. The molecule has 0 amide bonds. The van der Waals surface area contributed by atoms with Crippen molar-refractivity contribution in [1.82, 2.24) is 9.97 Å². The Balaban J connectivity index is 2.49. The molecule has 0 saturated carbocycles. The summed E-state index contributed by atoms with van der Waals surface area (Å²) >= 11 is 5.13. The topological polar surface area (TPSA) is 47.1 Å². The third-order valence-electron chi connectivity index (χ3n) is 2.69. The molecule has 1 heterocycles. The van der Waals surface area contributed by atoms with Gasteiger partial charge in [-0.15, -0.1) is 0 Å². The number of rotatable bonds is 5. The van der Waals surface area contributed by atoms with Crippen LogP contribution in [0.25, 0.3) is 11.3 Å². The molecule has 0 saturated heterocycles. The third kappa shape index (κ3) is 3.40. The van der Waals surface area contributed by atoms with E-state index in [0.717, 1.165) is 0 Å². The minimum absolute atomic E-state index is 0.325. The first-order valence-electron chi connectivity index (χ1n) is 6.16. The molecular weight excluding hydrogens is 279 g/mol. The SMILES string of the molecule is CCOCc1nc(=S)cc(-c2cc(F)ccc2OC)[nH]1. The number of hydrogen-bond acceptors (Lipinski definition) is 4. The van der Waals surface area contributed by atoms with Crippen LogP contribution in [0.5, 0.6) is 5.75 Å². The molecule has 4 nitrogen and oxygen atoms in total. The van der Waals surface area contributed by atoms with Gasteiger partial charge in [0, 0.05) is 12.2 Å². The van der Waals surface area contributed by atoms with Gasteiger partial charge in [0.1, 0.15) is 28.6 Å².